The maximum atomic E-state index is 11.5. The third kappa shape index (κ3) is 4.62. The summed E-state index contributed by atoms with van der Waals surface area (Å²) in [7, 11) is 0. The number of hydrogen-bond acceptors (Lipinski definition) is 3. The Morgan fingerprint density at radius 3 is 2.85 bits per heavy atom. The van der Waals surface area contributed by atoms with E-state index < -0.39 is 0 Å². The van der Waals surface area contributed by atoms with Crippen molar-refractivity contribution in [1.29, 1.82) is 0 Å². The quantitative estimate of drug-likeness (QED) is 0.827. The summed E-state index contributed by atoms with van der Waals surface area (Å²) < 4.78 is 0. The minimum atomic E-state index is 0.0673. The first-order valence-corrected chi connectivity index (χ1v) is 7.54. The molecular formula is C16H25N3O. The molecule has 1 heterocycles. The molecule has 4 nitrogen and oxygen atoms in total. The van der Waals surface area contributed by atoms with E-state index in [1.54, 1.807) is 0 Å². The van der Waals surface area contributed by atoms with Gasteiger partial charge >= 0.3 is 0 Å². The summed E-state index contributed by atoms with van der Waals surface area (Å²) in [6.45, 7) is 3.25. The van der Waals surface area contributed by atoms with Crippen LogP contribution in [0.25, 0.3) is 0 Å². The summed E-state index contributed by atoms with van der Waals surface area (Å²) in [5.74, 6) is 0.0673. The van der Waals surface area contributed by atoms with E-state index in [9.17, 15) is 4.79 Å². The van der Waals surface area contributed by atoms with Gasteiger partial charge in [0.15, 0.2) is 0 Å². The number of nitrogens with two attached hydrogens (primary N) is 1. The smallest absolute Gasteiger partial charge is 0.221 e. The van der Waals surface area contributed by atoms with Crippen LogP contribution in [0, 0.1) is 0 Å². The highest BCUT2D eigenvalue weighted by Gasteiger charge is 2.22. The summed E-state index contributed by atoms with van der Waals surface area (Å²) in [5.41, 5.74) is 6.74. The van der Waals surface area contributed by atoms with Crippen molar-refractivity contribution in [1.82, 2.24) is 10.2 Å². The van der Waals surface area contributed by atoms with E-state index in [0.29, 0.717) is 19.0 Å². The molecule has 0 aliphatic carbocycles. The van der Waals surface area contributed by atoms with Gasteiger partial charge in [0, 0.05) is 32.1 Å². The number of amides is 1. The van der Waals surface area contributed by atoms with Crippen LogP contribution in [0.5, 0.6) is 0 Å². The number of nitrogens with zero attached hydrogens (tertiary/aromatic N) is 1. The van der Waals surface area contributed by atoms with Crippen LogP contribution in [0.15, 0.2) is 30.3 Å². The molecule has 4 heteroatoms. The number of piperidine rings is 1. The number of rotatable bonds is 6. The van der Waals surface area contributed by atoms with Gasteiger partial charge in [-0.3, -0.25) is 9.69 Å². The van der Waals surface area contributed by atoms with Gasteiger partial charge in [-0.05, 0) is 24.9 Å². The minimum absolute atomic E-state index is 0.0673. The van der Waals surface area contributed by atoms with Crippen LogP contribution >= 0.6 is 0 Å². The number of benzene rings is 1. The van der Waals surface area contributed by atoms with E-state index in [2.05, 4.69) is 34.5 Å². The van der Waals surface area contributed by atoms with Crippen LogP contribution in [0.2, 0.25) is 0 Å². The molecule has 3 N–H and O–H groups in total. The number of likely N-dealkylation sites (tertiary alicyclic amines) is 1. The Balaban J connectivity index is 1.86. The van der Waals surface area contributed by atoms with E-state index in [-0.39, 0.29) is 5.91 Å². The predicted molar refractivity (Wildman–Crippen MR) is 81.2 cm³/mol. The maximum absolute atomic E-state index is 11.5. The molecular weight excluding hydrogens is 250 g/mol. The van der Waals surface area contributed by atoms with Crippen LogP contribution in [0.4, 0.5) is 0 Å². The highest BCUT2D eigenvalue weighted by atomic mass is 16.1. The second-order valence-electron chi connectivity index (χ2n) is 5.45. The topological polar surface area (TPSA) is 58.4 Å². The zero-order chi connectivity index (χ0) is 14.2. The molecule has 1 aromatic carbocycles. The van der Waals surface area contributed by atoms with Crippen molar-refractivity contribution in [2.75, 3.05) is 19.6 Å². The molecule has 0 radical (unpaired) electrons. The van der Waals surface area contributed by atoms with Crippen molar-refractivity contribution >= 4 is 5.91 Å². The number of carbonyl (C=O) groups is 1. The fourth-order valence-corrected chi connectivity index (χ4v) is 2.77. The fourth-order valence-electron chi connectivity index (χ4n) is 2.77. The first-order chi connectivity index (χ1) is 9.79. The van der Waals surface area contributed by atoms with Gasteiger partial charge in [0.2, 0.25) is 5.91 Å². The SMILES string of the molecule is NCCC(=O)NCC1CCCCN1Cc1ccccc1. The van der Waals surface area contributed by atoms with Crippen LogP contribution in [-0.4, -0.2) is 36.5 Å². The van der Waals surface area contributed by atoms with Crippen molar-refractivity contribution in [3.05, 3.63) is 35.9 Å². The first kappa shape index (κ1) is 15.0. The Hall–Kier alpha value is -1.39. The van der Waals surface area contributed by atoms with Crippen LogP contribution in [-0.2, 0) is 11.3 Å². The summed E-state index contributed by atoms with van der Waals surface area (Å²) in [6, 6.07) is 11.0. The van der Waals surface area contributed by atoms with Gasteiger partial charge in [0.05, 0.1) is 0 Å². The lowest BCUT2D eigenvalue weighted by molar-refractivity contribution is -0.121. The molecule has 0 spiro atoms. The zero-order valence-corrected chi connectivity index (χ0v) is 12.1. The minimum Gasteiger partial charge on any atom is -0.354 e. The van der Waals surface area contributed by atoms with Gasteiger partial charge in [0.25, 0.3) is 0 Å². The Morgan fingerprint density at radius 2 is 2.10 bits per heavy atom. The van der Waals surface area contributed by atoms with Gasteiger partial charge in [-0.15, -0.1) is 0 Å². The summed E-state index contributed by atoms with van der Waals surface area (Å²) >= 11 is 0. The molecule has 1 aliphatic heterocycles. The highest BCUT2D eigenvalue weighted by Crippen LogP contribution is 2.19. The van der Waals surface area contributed by atoms with Crippen molar-refractivity contribution < 1.29 is 4.79 Å². The van der Waals surface area contributed by atoms with Crippen LogP contribution in [0.1, 0.15) is 31.2 Å². The highest BCUT2D eigenvalue weighted by molar-refractivity contribution is 5.76. The van der Waals surface area contributed by atoms with Crippen LogP contribution in [0.3, 0.4) is 0 Å². The Morgan fingerprint density at radius 1 is 1.30 bits per heavy atom. The molecule has 0 aromatic heterocycles. The monoisotopic (exact) mass is 275 g/mol. The lowest BCUT2D eigenvalue weighted by Gasteiger charge is -2.35. The van der Waals surface area contributed by atoms with Crippen LogP contribution < -0.4 is 11.1 Å². The molecule has 1 unspecified atom stereocenters. The molecule has 1 saturated heterocycles. The van der Waals surface area contributed by atoms with Crippen molar-refractivity contribution in [3.63, 3.8) is 0 Å². The van der Waals surface area contributed by atoms with E-state index >= 15 is 0 Å². The standard InChI is InChI=1S/C16H25N3O/c17-10-9-16(20)18-12-15-8-4-5-11-19(15)13-14-6-2-1-3-7-14/h1-3,6-7,15H,4-5,8-13,17H2,(H,18,20). The van der Waals surface area contributed by atoms with Gasteiger partial charge in [0.1, 0.15) is 0 Å². The third-order valence-electron chi connectivity index (χ3n) is 3.88. The van der Waals surface area contributed by atoms with Gasteiger partial charge in [-0.2, -0.15) is 0 Å². The Labute approximate surface area is 121 Å². The molecule has 1 amide bonds. The van der Waals surface area contributed by atoms with E-state index in [1.807, 2.05) is 6.07 Å². The fraction of sp³-hybridized carbons (Fsp3) is 0.562. The average molecular weight is 275 g/mol. The third-order valence-corrected chi connectivity index (χ3v) is 3.88. The molecule has 0 saturated carbocycles. The summed E-state index contributed by atoms with van der Waals surface area (Å²) in [6.07, 6.45) is 4.09. The molecule has 20 heavy (non-hydrogen) atoms. The zero-order valence-electron chi connectivity index (χ0n) is 12.1. The predicted octanol–water partition coefficient (Wildman–Crippen LogP) is 1.51. The lowest BCUT2D eigenvalue weighted by Crippen LogP contribution is -2.46. The normalized spacial score (nSPS) is 19.8. The molecule has 1 aromatic rings. The second kappa shape index (κ2) is 8.02. The molecule has 110 valence electrons. The van der Waals surface area contributed by atoms with E-state index in [1.165, 1.54) is 18.4 Å². The largest absolute Gasteiger partial charge is 0.354 e. The molecule has 1 fully saturated rings. The Bertz CT molecular complexity index is 407. The lowest BCUT2D eigenvalue weighted by atomic mass is 10.0. The summed E-state index contributed by atoms with van der Waals surface area (Å²) in [5, 5.41) is 3.01. The molecule has 0 bridgehead atoms. The second-order valence-corrected chi connectivity index (χ2v) is 5.45. The van der Waals surface area contributed by atoms with Gasteiger partial charge in [-0.25, -0.2) is 0 Å². The van der Waals surface area contributed by atoms with Crippen molar-refractivity contribution in [2.45, 2.75) is 38.3 Å². The molecule has 1 aliphatic rings. The molecule has 2 rings (SSSR count). The Kier molecular flexibility index (Phi) is 6.02. The van der Waals surface area contributed by atoms with Gasteiger partial charge in [-0.1, -0.05) is 36.8 Å². The number of carbonyl (C=O) groups excluding carboxylic acids is 1. The van der Waals surface area contributed by atoms with E-state index in [4.69, 9.17) is 5.73 Å². The maximum Gasteiger partial charge on any atom is 0.221 e. The van der Waals surface area contributed by atoms with Crippen molar-refractivity contribution in [2.24, 2.45) is 5.73 Å². The number of hydrogen-bond donors (Lipinski definition) is 2. The summed E-state index contributed by atoms with van der Waals surface area (Å²) in [4.78, 5) is 14.0. The number of nitrogens with one attached hydrogen (secondary N) is 1. The molecule has 1 atom stereocenters. The van der Waals surface area contributed by atoms with Crippen molar-refractivity contribution in [3.8, 4) is 0 Å². The van der Waals surface area contributed by atoms with E-state index in [0.717, 1.165) is 26.1 Å². The average Bonchev–Trinajstić information content (AvgIpc) is 2.48. The van der Waals surface area contributed by atoms with Gasteiger partial charge < -0.3 is 11.1 Å². The first-order valence-electron chi connectivity index (χ1n) is 7.54.